The monoisotopic (exact) mass is 697 g/mol. The Morgan fingerprint density at radius 1 is 0.453 bits per heavy atom. The van der Waals surface area contributed by atoms with Crippen molar-refractivity contribution in [2.45, 2.75) is 56.8 Å². The first-order valence-electron chi connectivity index (χ1n) is 19.4. The summed E-state index contributed by atoms with van der Waals surface area (Å²) in [4.78, 5) is 0. The van der Waals surface area contributed by atoms with E-state index in [1.807, 2.05) is 11.3 Å². The smallest absolute Gasteiger partial charge is 0.0541 e. The molecule has 53 heavy (non-hydrogen) atoms. The van der Waals surface area contributed by atoms with Crippen molar-refractivity contribution in [1.29, 1.82) is 0 Å². The SMILES string of the molecule is CC1(C)c2cc(-c3ccc4c(c3)c3ccccc3n4-c3ccc4c(c3)sc3ccccc34)ccc2-c2cc3c(cc21)-c1ccccc1C31CCCCC1. The van der Waals surface area contributed by atoms with Crippen LogP contribution < -0.4 is 0 Å². The molecular weight excluding hydrogens is 659 g/mol. The van der Waals surface area contributed by atoms with Crippen LogP contribution in [0.25, 0.3) is 81.0 Å². The van der Waals surface area contributed by atoms with Crippen LogP contribution in [0, 0.1) is 0 Å². The summed E-state index contributed by atoms with van der Waals surface area (Å²) in [6.45, 7) is 4.88. The van der Waals surface area contributed by atoms with Crippen molar-refractivity contribution in [3.05, 3.63) is 162 Å². The molecule has 0 radical (unpaired) electrons. The number of hydrogen-bond donors (Lipinski definition) is 0. The number of benzene rings is 7. The molecule has 2 heteroatoms. The third kappa shape index (κ3) is 3.97. The van der Waals surface area contributed by atoms with Crippen molar-refractivity contribution in [2.75, 3.05) is 0 Å². The topological polar surface area (TPSA) is 4.93 Å². The largest absolute Gasteiger partial charge is 0.309 e. The second-order valence-electron chi connectivity index (χ2n) is 16.4. The van der Waals surface area contributed by atoms with Crippen LogP contribution in [0.15, 0.2) is 140 Å². The summed E-state index contributed by atoms with van der Waals surface area (Å²) in [5, 5.41) is 5.27. The second kappa shape index (κ2) is 10.6. The van der Waals surface area contributed by atoms with Gasteiger partial charge >= 0.3 is 0 Å². The van der Waals surface area contributed by atoms with Gasteiger partial charge < -0.3 is 4.57 Å². The van der Waals surface area contributed by atoms with E-state index in [0.717, 1.165) is 0 Å². The van der Waals surface area contributed by atoms with E-state index in [4.69, 9.17) is 0 Å². The third-order valence-electron chi connectivity index (χ3n) is 13.4. The standard InChI is InChI=1S/C51H39NS/c1-50(2)43-27-32(18-21-35(43)39-30-45-40(29-44(39)50)34-12-4-7-15-42(34)51(45)24-10-3-11-25-51)31-19-23-47-41(26-31)36-13-5-8-16-46(36)52(47)33-20-22-38-37-14-6-9-17-48(37)53-49(38)28-33/h4-9,12-23,26-30H,3,10-11,24-25H2,1-2H3. The molecule has 1 spiro atoms. The molecule has 1 saturated carbocycles. The molecule has 0 atom stereocenters. The van der Waals surface area contributed by atoms with Gasteiger partial charge in [-0.2, -0.15) is 0 Å². The van der Waals surface area contributed by atoms with Gasteiger partial charge in [-0.3, -0.25) is 0 Å². The van der Waals surface area contributed by atoms with Crippen LogP contribution in [0.5, 0.6) is 0 Å². The van der Waals surface area contributed by atoms with E-state index in [1.54, 1.807) is 11.1 Å². The fourth-order valence-corrected chi connectivity index (χ4v) is 12.0. The van der Waals surface area contributed by atoms with Crippen molar-refractivity contribution in [2.24, 2.45) is 0 Å². The van der Waals surface area contributed by atoms with Gasteiger partial charge in [0.05, 0.1) is 11.0 Å². The Hall–Kier alpha value is -5.44. The molecule has 9 aromatic rings. The van der Waals surface area contributed by atoms with Crippen LogP contribution in [0.2, 0.25) is 0 Å². The fourth-order valence-electron chi connectivity index (χ4n) is 10.8. The van der Waals surface area contributed by atoms with Gasteiger partial charge in [0.25, 0.3) is 0 Å². The van der Waals surface area contributed by atoms with Crippen LogP contribution in [0.1, 0.15) is 68.2 Å². The molecule has 2 heterocycles. The molecule has 1 nitrogen and oxygen atoms in total. The molecule has 12 rings (SSSR count). The van der Waals surface area contributed by atoms with Crippen molar-refractivity contribution in [1.82, 2.24) is 4.57 Å². The molecule has 0 aliphatic heterocycles. The summed E-state index contributed by atoms with van der Waals surface area (Å²) in [5.74, 6) is 0. The van der Waals surface area contributed by atoms with E-state index >= 15 is 0 Å². The first kappa shape index (κ1) is 30.1. The van der Waals surface area contributed by atoms with Crippen molar-refractivity contribution >= 4 is 53.3 Å². The zero-order valence-electron chi connectivity index (χ0n) is 30.2. The van der Waals surface area contributed by atoms with E-state index < -0.39 is 0 Å². The lowest BCUT2D eigenvalue weighted by Gasteiger charge is -2.36. The van der Waals surface area contributed by atoms with E-state index in [1.165, 1.54) is 124 Å². The Morgan fingerprint density at radius 2 is 1.11 bits per heavy atom. The first-order chi connectivity index (χ1) is 26.0. The lowest BCUT2D eigenvalue weighted by atomic mass is 9.67. The number of rotatable bonds is 2. The summed E-state index contributed by atoms with van der Waals surface area (Å²) in [6.07, 6.45) is 6.53. The maximum absolute atomic E-state index is 2.63. The molecule has 7 aromatic carbocycles. The highest BCUT2D eigenvalue weighted by molar-refractivity contribution is 7.25. The second-order valence-corrected chi connectivity index (χ2v) is 17.5. The van der Waals surface area contributed by atoms with Crippen molar-refractivity contribution < 1.29 is 0 Å². The Labute approximate surface area is 314 Å². The van der Waals surface area contributed by atoms with Crippen LogP contribution >= 0.6 is 11.3 Å². The van der Waals surface area contributed by atoms with Crippen molar-refractivity contribution in [3.63, 3.8) is 0 Å². The van der Waals surface area contributed by atoms with Crippen molar-refractivity contribution in [3.8, 4) is 39.1 Å². The van der Waals surface area contributed by atoms with Gasteiger partial charge in [-0.15, -0.1) is 11.3 Å². The predicted octanol–water partition coefficient (Wildman–Crippen LogP) is 14.4. The van der Waals surface area contributed by atoms with Gasteiger partial charge in [-0.1, -0.05) is 118 Å². The van der Waals surface area contributed by atoms with E-state index in [0.29, 0.717) is 0 Å². The molecule has 3 aliphatic rings. The minimum Gasteiger partial charge on any atom is -0.309 e. The molecule has 0 unspecified atom stereocenters. The number of fused-ring (bicyclic) bond motifs is 14. The minimum atomic E-state index is -0.0850. The average molecular weight is 698 g/mol. The lowest BCUT2D eigenvalue weighted by Crippen LogP contribution is -2.28. The number of nitrogens with zero attached hydrogens (tertiary/aromatic N) is 1. The van der Waals surface area contributed by atoms with Gasteiger partial charge in [0.1, 0.15) is 0 Å². The maximum atomic E-state index is 2.63. The first-order valence-corrected chi connectivity index (χ1v) is 20.2. The minimum absolute atomic E-state index is 0.0850. The normalized spacial score (nSPS) is 16.4. The number of thiophene rings is 1. The zero-order valence-corrected chi connectivity index (χ0v) is 31.0. The summed E-state index contributed by atoms with van der Waals surface area (Å²) in [5.41, 5.74) is 18.2. The fraction of sp³-hybridized carbons (Fsp3) is 0.176. The third-order valence-corrected chi connectivity index (χ3v) is 14.5. The molecule has 0 bridgehead atoms. The Morgan fingerprint density at radius 3 is 2.02 bits per heavy atom. The number of para-hydroxylation sites is 1. The van der Waals surface area contributed by atoms with Crippen LogP contribution in [-0.4, -0.2) is 4.57 Å². The molecule has 2 aromatic heterocycles. The summed E-state index contributed by atoms with van der Waals surface area (Å²) >= 11 is 1.88. The highest BCUT2D eigenvalue weighted by Gasteiger charge is 2.46. The molecule has 0 saturated heterocycles. The highest BCUT2D eigenvalue weighted by Crippen LogP contribution is 2.60. The number of aromatic nitrogens is 1. The van der Waals surface area contributed by atoms with Crippen LogP contribution in [-0.2, 0) is 10.8 Å². The summed E-state index contributed by atoms with van der Waals surface area (Å²) in [6, 6.07) is 53.6. The molecule has 0 N–H and O–H groups in total. The molecule has 1 fully saturated rings. The van der Waals surface area contributed by atoms with Crippen LogP contribution in [0.3, 0.4) is 0 Å². The van der Waals surface area contributed by atoms with E-state index in [-0.39, 0.29) is 10.8 Å². The van der Waals surface area contributed by atoms with E-state index in [9.17, 15) is 0 Å². The van der Waals surface area contributed by atoms with Gasteiger partial charge in [-0.25, -0.2) is 0 Å². The van der Waals surface area contributed by atoms with E-state index in [2.05, 4.69) is 158 Å². The van der Waals surface area contributed by atoms with Gasteiger partial charge in [0.15, 0.2) is 0 Å². The summed E-state index contributed by atoms with van der Waals surface area (Å²) in [7, 11) is 0. The van der Waals surface area contributed by atoms with Gasteiger partial charge in [0, 0.05) is 47.5 Å². The maximum Gasteiger partial charge on any atom is 0.0541 e. The quantitative estimate of drug-likeness (QED) is 0.169. The molecular formula is C51H39NS. The Kier molecular flexibility index (Phi) is 6.00. The predicted molar refractivity (Wildman–Crippen MR) is 226 cm³/mol. The summed E-state index contributed by atoms with van der Waals surface area (Å²) < 4.78 is 5.13. The molecule has 254 valence electrons. The lowest BCUT2D eigenvalue weighted by molar-refractivity contribution is 0.353. The van der Waals surface area contributed by atoms with Crippen LogP contribution in [0.4, 0.5) is 0 Å². The van der Waals surface area contributed by atoms with Gasteiger partial charge in [-0.05, 0) is 123 Å². The Bertz CT molecular complexity index is 3020. The molecule has 3 aliphatic carbocycles. The zero-order chi connectivity index (χ0) is 35.1. The number of hydrogen-bond acceptors (Lipinski definition) is 1. The average Bonchev–Trinajstić information content (AvgIpc) is 3.88. The Balaban J connectivity index is 0.988. The van der Waals surface area contributed by atoms with Gasteiger partial charge in [0.2, 0.25) is 0 Å². The highest BCUT2D eigenvalue weighted by atomic mass is 32.1. The molecule has 0 amide bonds.